The monoisotopic (exact) mass is 647 g/mol. The van der Waals surface area contributed by atoms with Gasteiger partial charge in [-0.05, 0) is 46.7 Å². The molecule has 2 aromatic heterocycles. The molecule has 3 heterocycles. The molecular formula is C39H55F2N3OSi. The van der Waals surface area contributed by atoms with Crippen molar-refractivity contribution < 1.29 is 13.5 Å². The highest BCUT2D eigenvalue weighted by atomic mass is 28.2. The van der Waals surface area contributed by atoms with Crippen LogP contribution in [0, 0.1) is 5.92 Å². The van der Waals surface area contributed by atoms with Gasteiger partial charge in [-0.25, -0.2) is 15.0 Å². The van der Waals surface area contributed by atoms with Crippen molar-refractivity contribution in [2.45, 2.75) is 142 Å². The first-order chi connectivity index (χ1) is 22.3. The molecule has 4 rings (SSSR count). The Balaban J connectivity index is 1.34. The van der Waals surface area contributed by atoms with Crippen molar-refractivity contribution in [3.05, 3.63) is 54.0 Å². The summed E-state index contributed by atoms with van der Waals surface area (Å²) < 4.78 is 35.2. The van der Waals surface area contributed by atoms with Crippen LogP contribution >= 0.6 is 0 Å². The van der Waals surface area contributed by atoms with Crippen molar-refractivity contribution in [3.63, 3.8) is 0 Å². The van der Waals surface area contributed by atoms with Crippen molar-refractivity contribution in [1.29, 1.82) is 0 Å². The van der Waals surface area contributed by atoms with E-state index in [1.807, 2.05) is 6.07 Å². The van der Waals surface area contributed by atoms with E-state index in [4.69, 9.17) is 4.74 Å². The predicted molar refractivity (Wildman–Crippen MR) is 188 cm³/mol. The Bertz CT molecular complexity index is 1320. The van der Waals surface area contributed by atoms with E-state index < -0.39 is 12.5 Å². The van der Waals surface area contributed by atoms with Crippen LogP contribution in [0.1, 0.15) is 135 Å². The number of ether oxygens (including phenoxy) is 1. The SMILES string of the molecule is CCCCCCCc1ccc(-c2cnc(-c3cc([Si]C(C)CCCCCCC(C)CCCCC)c4c(n3)C(F)(F)CO4)nc2)cc1. The number of aryl methyl sites for hydroxylation is 1. The van der Waals surface area contributed by atoms with Crippen LogP contribution in [0.4, 0.5) is 8.78 Å². The fourth-order valence-electron chi connectivity index (χ4n) is 6.31. The smallest absolute Gasteiger partial charge is 0.326 e. The largest absolute Gasteiger partial charge is 0.485 e. The lowest BCUT2D eigenvalue weighted by Crippen LogP contribution is -2.22. The third kappa shape index (κ3) is 11.0. The van der Waals surface area contributed by atoms with Gasteiger partial charge in [-0.1, -0.05) is 142 Å². The lowest BCUT2D eigenvalue weighted by Gasteiger charge is -2.15. The molecule has 1 aliphatic rings. The zero-order chi connectivity index (χ0) is 32.8. The topological polar surface area (TPSA) is 47.9 Å². The summed E-state index contributed by atoms with van der Waals surface area (Å²) in [6.45, 7) is 8.45. The van der Waals surface area contributed by atoms with Gasteiger partial charge in [-0.15, -0.1) is 0 Å². The summed E-state index contributed by atoms with van der Waals surface area (Å²) >= 11 is 0. The molecule has 1 aromatic carbocycles. The average Bonchev–Trinajstić information content (AvgIpc) is 3.37. The summed E-state index contributed by atoms with van der Waals surface area (Å²) in [5.41, 5.74) is 3.78. The minimum Gasteiger partial charge on any atom is -0.485 e. The van der Waals surface area contributed by atoms with Gasteiger partial charge < -0.3 is 4.74 Å². The van der Waals surface area contributed by atoms with Gasteiger partial charge in [0.1, 0.15) is 11.4 Å². The van der Waals surface area contributed by atoms with Gasteiger partial charge in [0.25, 0.3) is 0 Å². The maximum absolute atomic E-state index is 14.8. The van der Waals surface area contributed by atoms with E-state index in [9.17, 15) is 8.78 Å². The van der Waals surface area contributed by atoms with E-state index >= 15 is 0 Å². The molecular weight excluding hydrogens is 593 g/mol. The van der Waals surface area contributed by atoms with E-state index in [1.54, 1.807) is 12.4 Å². The lowest BCUT2D eigenvalue weighted by molar-refractivity contribution is -0.0243. The first-order valence-electron chi connectivity index (χ1n) is 18.0. The molecule has 46 heavy (non-hydrogen) atoms. The number of benzene rings is 1. The summed E-state index contributed by atoms with van der Waals surface area (Å²) in [6.07, 6.45) is 23.7. The number of aromatic nitrogens is 3. The maximum atomic E-state index is 14.8. The van der Waals surface area contributed by atoms with Gasteiger partial charge >= 0.3 is 5.92 Å². The molecule has 2 atom stereocenters. The van der Waals surface area contributed by atoms with E-state index in [1.165, 1.54) is 95.5 Å². The van der Waals surface area contributed by atoms with Gasteiger partial charge in [-0.2, -0.15) is 8.78 Å². The van der Waals surface area contributed by atoms with Crippen molar-refractivity contribution in [2.24, 2.45) is 5.92 Å². The minimum atomic E-state index is -3.11. The Morgan fingerprint density at radius 3 is 2.09 bits per heavy atom. The summed E-state index contributed by atoms with van der Waals surface area (Å²) in [5.74, 6) is -1.66. The van der Waals surface area contributed by atoms with Crippen molar-refractivity contribution in [3.8, 4) is 28.4 Å². The van der Waals surface area contributed by atoms with Gasteiger partial charge in [0.15, 0.2) is 18.1 Å². The molecule has 0 amide bonds. The number of unbranched alkanes of at least 4 members (excludes halogenated alkanes) is 9. The van der Waals surface area contributed by atoms with E-state index in [0.29, 0.717) is 26.6 Å². The Labute approximate surface area is 279 Å². The summed E-state index contributed by atoms with van der Waals surface area (Å²) in [4.78, 5) is 13.5. The molecule has 0 N–H and O–H groups in total. The summed E-state index contributed by atoms with van der Waals surface area (Å²) in [6, 6.07) is 10.5. The molecule has 0 saturated carbocycles. The third-order valence-electron chi connectivity index (χ3n) is 9.24. The van der Waals surface area contributed by atoms with Crippen molar-refractivity contribution in [2.75, 3.05) is 6.61 Å². The summed E-state index contributed by atoms with van der Waals surface area (Å²) in [5, 5.41) is 0.809. The first kappa shape index (κ1) is 36.2. The number of halogens is 2. The number of hydrogen-bond donors (Lipinski definition) is 0. The second-order valence-electron chi connectivity index (χ2n) is 13.5. The zero-order valence-corrected chi connectivity index (χ0v) is 29.7. The highest BCUT2D eigenvalue weighted by Gasteiger charge is 2.45. The van der Waals surface area contributed by atoms with Crippen LogP contribution in [0.15, 0.2) is 42.7 Å². The van der Waals surface area contributed by atoms with Gasteiger partial charge in [0.2, 0.25) is 0 Å². The van der Waals surface area contributed by atoms with E-state index in [0.717, 1.165) is 35.1 Å². The highest BCUT2D eigenvalue weighted by molar-refractivity contribution is 6.56. The number of pyridine rings is 1. The zero-order valence-electron chi connectivity index (χ0n) is 28.7. The van der Waals surface area contributed by atoms with Crippen LogP contribution in [0.5, 0.6) is 5.75 Å². The van der Waals surface area contributed by atoms with Crippen molar-refractivity contribution >= 4 is 14.7 Å². The molecule has 2 unspecified atom stereocenters. The number of hydrogen-bond acceptors (Lipinski definition) is 4. The molecule has 0 spiro atoms. The fourth-order valence-corrected chi connectivity index (χ4v) is 7.73. The molecule has 7 heteroatoms. The van der Waals surface area contributed by atoms with Crippen LogP contribution in [-0.4, -0.2) is 31.1 Å². The molecule has 4 nitrogen and oxygen atoms in total. The fraction of sp³-hybridized carbons (Fsp3) is 0.615. The predicted octanol–water partition coefficient (Wildman–Crippen LogP) is 10.9. The average molecular weight is 648 g/mol. The van der Waals surface area contributed by atoms with Crippen molar-refractivity contribution in [1.82, 2.24) is 15.0 Å². The van der Waals surface area contributed by atoms with Gasteiger partial charge in [-0.3, -0.25) is 0 Å². The second-order valence-corrected chi connectivity index (χ2v) is 15.3. The van der Waals surface area contributed by atoms with Gasteiger partial charge in [0.05, 0.1) is 9.52 Å². The van der Waals surface area contributed by atoms with Crippen LogP contribution in [0.3, 0.4) is 0 Å². The van der Waals surface area contributed by atoms with Crippen LogP contribution in [-0.2, 0) is 12.3 Å². The number of nitrogens with zero attached hydrogens (tertiary/aromatic N) is 3. The van der Waals surface area contributed by atoms with Crippen LogP contribution in [0.2, 0.25) is 5.54 Å². The standard InChI is InChI=1S/C39H55F2N3OSi/c1-5-7-9-10-16-20-31-21-23-32(24-22-31)33-26-42-38(43-27-33)34-25-35(36-37(44-34)39(40,41)28-45-36)46-30(4)19-15-12-11-14-18-29(3)17-13-8-6-2/h21-27,29-30H,5-20,28H2,1-4H3. The quantitative estimate of drug-likeness (QED) is 0.0853. The normalized spacial score (nSPS) is 15.0. The molecule has 0 aliphatic carbocycles. The van der Waals surface area contributed by atoms with E-state index in [2.05, 4.69) is 66.9 Å². The first-order valence-corrected chi connectivity index (χ1v) is 19.1. The lowest BCUT2D eigenvalue weighted by atomic mass is 9.96. The molecule has 0 bridgehead atoms. The Hall–Kier alpha value is -2.67. The number of fused-ring (bicyclic) bond motifs is 1. The summed E-state index contributed by atoms with van der Waals surface area (Å²) in [7, 11) is 0.364. The second kappa shape index (κ2) is 18.6. The van der Waals surface area contributed by atoms with Crippen LogP contribution in [0.25, 0.3) is 22.6 Å². The maximum Gasteiger partial charge on any atom is 0.326 e. The number of alkyl halides is 2. The Morgan fingerprint density at radius 1 is 0.783 bits per heavy atom. The van der Waals surface area contributed by atoms with Crippen LogP contribution < -0.4 is 9.92 Å². The van der Waals surface area contributed by atoms with Gasteiger partial charge in [0, 0.05) is 18.0 Å². The Kier molecular flexibility index (Phi) is 14.6. The molecule has 1 aliphatic heterocycles. The third-order valence-corrected chi connectivity index (χ3v) is 10.7. The Morgan fingerprint density at radius 2 is 1.39 bits per heavy atom. The molecule has 0 fully saturated rings. The highest BCUT2D eigenvalue weighted by Crippen LogP contribution is 2.40. The molecule has 0 saturated heterocycles. The van der Waals surface area contributed by atoms with E-state index in [-0.39, 0.29) is 11.4 Å². The molecule has 2 radical (unpaired) electrons. The number of rotatable bonds is 21. The molecule has 250 valence electrons. The minimum absolute atomic E-state index is 0.262. The molecule has 3 aromatic rings.